The van der Waals surface area contributed by atoms with Gasteiger partial charge in [0.15, 0.2) is 0 Å². The number of carbonyl (C=O) groups is 2. The van der Waals surface area contributed by atoms with Gasteiger partial charge in [0.05, 0.1) is 10.6 Å². The number of aryl methyl sites for hydroxylation is 2. The maximum absolute atomic E-state index is 14.1. The van der Waals surface area contributed by atoms with E-state index in [1.165, 1.54) is 17.0 Å². The Morgan fingerprint density at radius 1 is 0.950 bits per heavy atom. The Balaban J connectivity index is 1.69. The average Bonchev–Trinajstić information content (AvgIpc) is 3.43. The molecule has 1 atom stereocenters. The van der Waals surface area contributed by atoms with Gasteiger partial charge in [0.25, 0.3) is 10.0 Å². The van der Waals surface area contributed by atoms with Crippen LogP contribution in [0.25, 0.3) is 0 Å². The Morgan fingerprint density at radius 3 is 2.15 bits per heavy atom. The molecule has 0 aliphatic heterocycles. The van der Waals surface area contributed by atoms with E-state index in [0.717, 1.165) is 51.2 Å². The summed E-state index contributed by atoms with van der Waals surface area (Å²) in [5.74, 6) is -0.697. The molecular weight excluding hydrogens is 590 g/mol. The molecule has 1 saturated carbocycles. The number of nitrogens with zero attached hydrogens (tertiary/aromatic N) is 2. The highest BCUT2D eigenvalue weighted by Gasteiger charge is 2.33. The van der Waals surface area contributed by atoms with Crippen LogP contribution in [0.1, 0.15) is 49.3 Å². The van der Waals surface area contributed by atoms with E-state index in [9.17, 15) is 18.0 Å². The van der Waals surface area contributed by atoms with Crippen LogP contribution in [-0.4, -0.2) is 43.8 Å². The molecule has 4 rings (SSSR count). The molecular formula is C31H36BrN3O4S. The maximum Gasteiger partial charge on any atom is 0.264 e. The van der Waals surface area contributed by atoms with Crippen molar-refractivity contribution in [2.75, 3.05) is 10.8 Å². The molecule has 9 heteroatoms. The van der Waals surface area contributed by atoms with Crippen LogP contribution < -0.4 is 9.62 Å². The second-order valence-corrected chi connectivity index (χ2v) is 13.3. The van der Waals surface area contributed by atoms with E-state index in [4.69, 9.17) is 0 Å². The Hall–Kier alpha value is -3.17. The molecule has 0 heterocycles. The fourth-order valence-electron chi connectivity index (χ4n) is 5.10. The second kappa shape index (κ2) is 13.0. The Kier molecular flexibility index (Phi) is 9.68. The zero-order valence-corrected chi connectivity index (χ0v) is 25.5. The third kappa shape index (κ3) is 7.31. The Bertz CT molecular complexity index is 1420. The summed E-state index contributed by atoms with van der Waals surface area (Å²) in [6.07, 6.45) is 4.00. The quantitative estimate of drug-likeness (QED) is 0.311. The van der Waals surface area contributed by atoms with E-state index in [0.29, 0.717) is 5.69 Å². The van der Waals surface area contributed by atoms with E-state index in [1.807, 2.05) is 44.2 Å². The lowest BCUT2D eigenvalue weighted by Crippen LogP contribution is -2.52. The van der Waals surface area contributed by atoms with Gasteiger partial charge < -0.3 is 10.2 Å². The summed E-state index contributed by atoms with van der Waals surface area (Å²) in [6, 6.07) is 20.4. The van der Waals surface area contributed by atoms with Gasteiger partial charge in [0.2, 0.25) is 11.8 Å². The van der Waals surface area contributed by atoms with Crippen LogP contribution >= 0.6 is 15.9 Å². The van der Waals surface area contributed by atoms with Crippen molar-refractivity contribution in [3.8, 4) is 0 Å². The number of halogens is 1. The predicted octanol–water partition coefficient (Wildman–Crippen LogP) is 5.74. The van der Waals surface area contributed by atoms with Crippen LogP contribution in [0.15, 0.2) is 82.2 Å². The zero-order valence-electron chi connectivity index (χ0n) is 23.1. The van der Waals surface area contributed by atoms with Crippen LogP contribution in [0, 0.1) is 13.8 Å². The number of hydrogen-bond donors (Lipinski definition) is 1. The van der Waals surface area contributed by atoms with Crippen molar-refractivity contribution in [2.24, 2.45) is 0 Å². The molecule has 0 saturated heterocycles. The number of anilines is 1. The molecule has 0 unspecified atom stereocenters. The molecule has 1 fully saturated rings. The van der Waals surface area contributed by atoms with Gasteiger partial charge in [-0.15, -0.1) is 0 Å². The van der Waals surface area contributed by atoms with Crippen LogP contribution in [0.3, 0.4) is 0 Å². The minimum absolute atomic E-state index is 0.0912. The first-order valence-corrected chi connectivity index (χ1v) is 15.8. The summed E-state index contributed by atoms with van der Waals surface area (Å²) in [4.78, 5) is 28.9. The molecule has 212 valence electrons. The third-order valence-electron chi connectivity index (χ3n) is 7.24. The van der Waals surface area contributed by atoms with E-state index in [1.54, 1.807) is 37.3 Å². The first-order valence-electron chi connectivity index (χ1n) is 13.5. The molecule has 2 amide bonds. The lowest BCUT2D eigenvalue weighted by atomic mass is 10.1. The highest BCUT2D eigenvalue weighted by Crippen LogP contribution is 2.27. The summed E-state index contributed by atoms with van der Waals surface area (Å²) in [6.45, 7) is 5.20. The van der Waals surface area contributed by atoms with Crippen LogP contribution in [-0.2, 0) is 26.2 Å². The topological polar surface area (TPSA) is 86.8 Å². The van der Waals surface area contributed by atoms with Crippen molar-refractivity contribution in [3.05, 3.63) is 94.0 Å². The van der Waals surface area contributed by atoms with E-state index in [2.05, 4.69) is 21.2 Å². The first kappa shape index (κ1) is 29.8. The van der Waals surface area contributed by atoms with E-state index >= 15 is 0 Å². The molecule has 1 aliphatic rings. The molecule has 1 N–H and O–H groups in total. The molecule has 7 nitrogen and oxygen atoms in total. The summed E-state index contributed by atoms with van der Waals surface area (Å²) in [7, 11) is -4.08. The van der Waals surface area contributed by atoms with Crippen molar-refractivity contribution in [1.29, 1.82) is 0 Å². The van der Waals surface area contributed by atoms with Crippen LogP contribution in [0.4, 0.5) is 5.69 Å². The molecule has 3 aromatic carbocycles. The molecule has 0 aromatic heterocycles. The average molecular weight is 627 g/mol. The fourth-order valence-corrected chi connectivity index (χ4v) is 6.79. The first-order chi connectivity index (χ1) is 19.0. The van der Waals surface area contributed by atoms with E-state index in [-0.39, 0.29) is 23.4 Å². The van der Waals surface area contributed by atoms with Crippen LogP contribution in [0.5, 0.6) is 0 Å². The monoisotopic (exact) mass is 625 g/mol. The Morgan fingerprint density at radius 2 is 1.55 bits per heavy atom. The molecule has 1 aliphatic carbocycles. The number of sulfonamides is 1. The summed E-state index contributed by atoms with van der Waals surface area (Å²) < 4.78 is 29.9. The SMILES string of the molecule is Cc1cc(C)cc(N(CC(=O)N(Cc2ccc(Br)cc2)[C@@H](C)C(=O)NC2CCCC2)S(=O)(=O)c2ccccc2)c1. The minimum Gasteiger partial charge on any atom is -0.352 e. The van der Waals surface area contributed by atoms with Crippen molar-refractivity contribution < 1.29 is 18.0 Å². The normalized spacial score (nSPS) is 14.5. The molecule has 3 aromatic rings. The van der Waals surface area contributed by atoms with E-state index < -0.39 is 28.5 Å². The standard InChI is InChI=1S/C31H36BrN3O4S/c1-22-17-23(2)19-28(18-22)35(40(38,39)29-11-5-4-6-12-29)21-30(36)34(20-25-13-15-26(32)16-14-25)24(3)31(37)33-27-9-7-8-10-27/h4-6,11-19,24,27H,7-10,20-21H2,1-3H3,(H,33,37)/t24-/m0/s1. The highest BCUT2D eigenvalue weighted by molar-refractivity contribution is 9.10. The predicted molar refractivity (Wildman–Crippen MR) is 161 cm³/mol. The van der Waals surface area contributed by atoms with Crippen molar-refractivity contribution in [3.63, 3.8) is 0 Å². The van der Waals surface area contributed by atoms with Crippen molar-refractivity contribution in [1.82, 2.24) is 10.2 Å². The van der Waals surface area contributed by atoms with Gasteiger partial charge in [-0.2, -0.15) is 0 Å². The van der Waals surface area contributed by atoms with Crippen molar-refractivity contribution >= 4 is 43.5 Å². The maximum atomic E-state index is 14.1. The lowest BCUT2D eigenvalue weighted by molar-refractivity contribution is -0.139. The van der Waals surface area contributed by atoms with Crippen LogP contribution in [0.2, 0.25) is 0 Å². The molecule has 0 bridgehead atoms. The van der Waals surface area contributed by atoms with Gasteiger partial charge in [-0.1, -0.05) is 65.2 Å². The fraction of sp³-hybridized carbons (Fsp3) is 0.355. The van der Waals surface area contributed by atoms with Gasteiger partial charge in [0.1, 0.15) is 12.6 Å². The largest absolute Gasteiger partial charge is 0.352 e. The smallest absolute Gasteiger partial charge is 0.264 e. The number of hydrogen-bond acceptors (Lipinski definition) is 4. The lowest BCUT2D eigenvalue weighted by Gasteiger charge is -2.32. The van der Waals surface area contributed by atoms with Gasteiger partial charge in [-0.3, -0.25) is 13.9 Å². The van der Waals surface area contributed by atoms with Gasteiger partial charge in [-0.05, 0) is 86.7 Å². The third-order valence-corrected chi connectivity index (χ3v) is 9.56. The molecule has 0 radical (unpaired) electrons. The number of nitrogens with one attached hydrogen (secondary N) is 1. The highest BCUT2D eigenvalue weighted by atomic mass is 79.9. The number of amides is 2. The van der Waals surface area contributed by atoms with Gasteiger partial charge in [0, 0.05) is 17.1 Å². The zero-order chi connectivity index (χ0) is 28.9. The Labute approximate surface area is 245 Å². The number of carbonyl (C=O) groups excluding carboxylic acids is 2. The molecule has 0 spiro atoms. The number of rotatable bonds is 10. The van der Waals surface area contributed by atoms with Gasteiger partial charge in [-0.25, -0.2) is 8.42 Å². The second-order valence-electron chi connectivity index (χ2n) is 10.5. The molecule has 40 heavy (non-hydrogen) atoms. The summed E-state index contributed by atoms with van der Waals surface area (Å²) in [5.41, 5.74) is 3.00. The summed E-state index contributed by atoms with van der Waals surface area (Å²) in [5, 5.41) is 3.09. The summed E-state index contributed by atoms with van der Waals surface area (Å²) >= 11 is 3.44. The number of benzene rings is 3. The minimum atomic E-state index is -4.08. The van der Waals surface area contributed by atoms with Gasteiger partial charge >= 0.3 is 0 Å². The van der Waals surface area contributed by atoms with Crippen molar-refractivity contribution in [2.45, 2.75) is 70.0 Å².